The molecule has 110 valence electrons. The number of carbonyl (C=O) groups is 1. The van der Waals surface area contributed by atoms with E-state index >= 15 is 0 Å². The van der Waals surface area contributed by atoms with Gasteiger partial charge in [-0.3, -0.25) is 10.1 Å². The molecule has 0 saturated carbocycles. The fourth-order valence-corrected chi connectivity index (χ4v) is 3.03. The first-order valence-electron chi connectivity index (χ1n) is 5.83. The molecule has 0 aliphatic carbocycles. The molecule has 2 atom stereocenters. The van der Waals surface area contributed by atoms with Crippen LogP contribution >= 0.6 is 27.7 Å². The third-order valence-corrected chi connectivity index (χ3v) is 4.38. The lowest BCUT2D eigenvalue weighted by molar-refractivity contribution is -0.167. The van der Waals surface area contributed by atoms with Crippen LogP contribution in [-0.2, 0) is 10.5 Å². The lowest BCUT2D eigenvalue weighted by Crippen LogP contribution is -2.59. The van der Waals surface area contributed by atoms with Crippen LogP contribution in [0.4, 0.5) is 13.2 Å². The molecule has 8 heteroatoms. The molecule has 1 heterocycles. The fraction of sp³-hybridized carbons (Fsp3) is 0.417. The summed E-state index contributed by atoms with van der Waals surface area (Å²) in [5.41, 5.74) is 0.245. The smallest absolute Gasteiger partial charge is 0.332 e. The molecule has 1 fully saturated rings. The first kappa shape index (κ1) is 15.7. The molecule has 0 bridgehead atoms. The summed E-state index contributed by atoms with van der Waals surface area (Å²) in [6.45, 7) is 0. The van der Waals surface area contributed by atoms with Crippen LogP contribution in [0.5, 0.6) is 0 Å². The number of hydrogen-bond donors (Lipinski definition) is 2. The van der Waals surface area contributed by atoms with E-state index in [1.165, 1.54) is 11.8 Å². The van der Waals surface area contributed by atoms with E-state index in [1.807, 2.05) is 24.3 Å². The molecule has 2 N–H and O–H groups in total. The Kier molecular flexibility index (Phi) is 4.98. The largest absolute Gasteiger partial charge is 0.404 e. The number of hydrogen-bond acceptors (Lipinski definition) is 3. The van der Waals surface area contributed by atoms with E-state index in [2.05, 4.69) is 26.6 Å². The molecule has 0 spiro atoms. The third kappa shape index (κ3) is 4.39. The van der Waals surface area contributed by atoms with Gasteiger partial charge in [-0.1, -0.05) is 28.1 Å². The quantitative estimate of drug-likeness (QED) is 0.861. The lowest BCUT2D eigenvalue weighted by atomic mass is 10.1. The molecule has 2 unspecified atom stereocenters. The minimum atomic E-state index is -4.41. The van der Waals surface area contributed by atoms with Gasteiger partial charge in [0.15, 0.2) is 0 Å². The zero-order valence-corrected chi connectivity index (χ0v) is 12.6. The van der Waals surface area contributed by atoms with Crippen molar-refractivity contribution in [1.29, 1.82) is 0 Å². The second-order valence-electron chi connectivity index (χ2n) is 4.35. The Hall–Kier alpha value is -0.730. The first-order chi connectivity index (χ1) is 9.34. The van der Waals surface area contributed by atoms with Gasteiger partial charge in [0, 0.05) is 10.2 Å². The van der Waals surface area contributed by atoms with Crippen molar-refractivity contribution in [3.63, 3.8) is 0 Å². The van der Waals surface area contributed by atoms with Gasteiger partial charge in [0.1, 0.15) is 11.5 Å². The second kappa shape index (κ2) is 6.36. The minimum absolute atomic E-state index is 0.510. The molecule has 1 amide bonds. The molecule has 0 radical (unpaired) electrons. The van der Waals surface area contributed by atoms with Gasteiger partial charge in [-0.25, -0.2) is 0 Å². The molecule has 2 rings (SSSR count). The summed E-state index contributed by atoms with van der Waals surface area (Å²) in [5.74, 6) is -0.0742. The van der Waals surface area contributed by atoms with E-state index in [0.717, 1.165) is 10.0 Å². The molecule has 1 aromatic carbocycles. The summed E-state index contributed by atoms with van der Waals surface area (Å²) in [7, 11) is 0. The molecular formula is C12H12BrF3N2OS. The zero-order valence-electron chi connectivity index (χ0n) is 10.2. The highest BCUT2D eigenvalue weighted by molar-refractivity contribution is 9.10. The summed E-state index contributed by atoms with van der Waals surface area (Å²) in [4.78, 5) is 11.3. The Bertz CT molecular complexity index is 481. The average Bonchev–Trinajstić information content (AvgIpc) is 2.36. The number of alkyl halides is 3. The van der Waals surface area contributed by atoms with Crippen LogP contribution in [0, 0.1) is 0 Å². The summed E-state index contributed by atoms with van der Waals surface area (Å²) in [6, 6.07) is 5.70. The summed E-state index contributed by atoms with van der Waals surface area (Å²) >= 11 is 4.53. The molecule has 3 nitrogen and oxygen atoms in total. The van der Waals surface area contributed by atoms with Crippen molar-refractivity contribution in [3.8, 4) is 0 Å². The van der Waals surface area contributed by atoms with E-state index in [9.17, 15) is 18.0 Å². The second-order valence-corrected chi connectivity index (χ2v) is 6.36. The van der Waals surface area contributed by atoms with Gasteiger partial charge in [0.05, 0.1) is 6.42 Å². The van der Waals surface area contributed by atoms with Crippen LogP contribution in [0.3, 0.4) is 0 Å². The predicted molar refractivity (Wildman–Crippen MR) is 75.0 cm³/mol. The highest BCUT2D eigenvalue weighted by Gasteiger charge is 2.44. The normalized spacial score (nSPS) is 23.5. The fourth-order valence-electron chi connectivity index (χ4n) is 1.73. The Morgan fingerprint density at radius 2 is 1.95 bits per heavy atom. The van der Waals surface area contributed by atoms with Crippen LogP contribution < -0.4 is 10.6 Å². The van der Waals surface area contributed by atoms with Gasteiger partial charge in [-0.15, -0.1) is 11.8 Å². The van der Waals surface area contributed by atoms with Gasteiger partial charge in [0.2, 0.25) is 5.91 Å². The first-order valence-corrected chi connectivity index (χ1v) is 7.67. The minimum Gasteiger partial charge on any atom is -0.332 e. The van der Waals surface area contributed by atoms with Crippen molar-refractivity contribution in [2.45, 2.75) is 29.9 Å². The predicted octanol–water partition coefficient (Wildman–Crippen LogP) is 3.01. The number of rotatable bonds is 3. The maximum atomic E-state index is 12.6. The van der Waals surface area contributed by atoms with Crippen LogP contribution in [0.1, 0.15) is 12.0 Å². The van der Waals surface area contributed by atoms with E-state index in [1.54, 1.807) is 0 Å². The van der Waals surface area contributed by atoms with Gasteiger partial charge in [0.25, 0.3) is 0 Å². The molecule has 20 heavy (non-hydrogen) atoms. The van der Waals surface area contributed by atoms with Gasteiger partial charge in [-0.05, 0) is 17.7 Å². The summed E-state index contributed by atoms with van der Waals surface area (Å²) in [6.07, 6.45) is -4.98. The maximum absolute atomic E-state index is 12.6. The number of halogens is 4. The number of carbonyl (C=O) groups excluding carboxylic acids is 1. The van der Waals surface area contributed by atoms with Crippen LogP contribution in [0.25, 0.3) is 0 Å². The van der Waals surface area contributed by atoms with Crippen molar-refractivity contribution in [3.05, 3.63) is 34.3 Å². The zero-order chi connectivity index (χ0) is 14.8. The molecular weight excluding hydrogens is 357 g/mol. The SMILES string of the molecule is O=C1CC(C(F)(F)F)NC(SCc2ccc(Br)cc2)N1. The van der Waals surface area contributed by atoms with Crippen molar-refractivity contribution in [2.75, 3.05) is 0 Å². The molecule has 1 aliphatic rings. The van der Waals surface area contributed by atoms with Gasteiger partial charge < -0.3 is 5.32 Å². The van der Waals surface area contributed by atoms with Crippen molar-refractivity contribution < 1.29 is 18.0 Å². The van der Waals surface area contributed by atoms with E-state index in [4.69, 9.17) is 0 Å². The van der Waals surface area contributed by atoms with Crippen molar-refractivity contribution in [1.82, 2.24) is 10.6 Å². The monoisotopic (exact) mass is 368 g/mol. The Balaban J connectivity index is 1.92. The number of nitrogens with one attached hydrogen (secondary N) is 2. The van der Waals surface area contributed by atoms with E-state index in [-0.39, 0.29) is 0 Å². The van der Waals surface area contributed by atoms with Crippen molar-refractivity contribution >= 4 is 33.6 Å². The highest BCUT2D eigenvalue weighted by atomic mass is 79.9. The molecule has 1 aromatic rings. The summed E-state index contributed by atoms with van der Waals surface area (Å²) < 4.78 is 38.9. The summed E-state index contributed by atoms with van der Waals surface area (Å²) in [5, 5.41) is 4.91. The number of benzene rings is 1. The molecule has 1 saturated heterocycles. The highest BCUT2D eigenvalue weighted by Crippen LogP contribution is 2.27. The van der Waals surface area contributed by atoms with E-state index < -0.39 is 30.0 Å². The van der Waals surface area contributed by atoms with Gasteiger partial charge in [-0.2, -0.15) is 13.2 Å². The molecule has 1 aliphatic heterocycles. The number of amides is 1. The lowest BCUT2D eigenvalue weighted by Gasteiger charge is -2.32. The maximum Gasteiger partial charge on any atom is 0.404 e. The Morgan fingerprint density at radius 3 is 2.55 bits per heavy atom. The van der Waals surface area contributed by atoms with Crippen molar-refractivity contribution in [2.24, 2.45) is 0 Å². The topological polar surface area (TPSA) is 41.1 Å². The standard InChI is InChI=1S/C12H12BrF3N2OS/c13-8-3-1-7(2-4-8)6-20-11-17-9(12(14,15)16)5-10(19)18-11/h1-4,9,11,17H,5-6H2,(H,18,19). The van der Waals surface area contributed by atoms with Crippen LogP contribution in [0.2, 0.25) is 0 Å². The van der Waals surface area contributed by atoms with Gasteiger partial charge >= 0.3 is 6.18 Å². The Labute approximate surface area is 126 Å². The average molecular weight is 369 g/mol. The van der Waals surface area contributed by atoms with Crippen LogP contribution in [0.15, 0.2) is 28.7 Å². The Morgan fingerprint density at radius 1 is 1.30 bits per heavy atom. The third-order valence-electron chi connectivity index (χ3n) is 2.76. The molecule has 0 aromatic heterocycles. The van der Waals surface area contributed by atoms with Crippen LogP contribution in [-0.4, -0.2) is 23.6 Å². The van der Waals surface area contributed by atoms with E-state index in [0.29, 0.717) is 5.75 Å². The number of thioether (sulfide) groups is 1.